The summed E-state index contributed by atoms with van der Waals surface area (Å²) in [5.74, 6) is -0.147. The minimum Gasteiger partial charge on any atom is -0.339 e. The van der Waals surface area contributed by atoms with Crippen molar-refractivity contribution in [3.8, 4) is 0 Å². The lowest BCUT2D eigenvalue weighted by molar-refractivity contribution is -0.129. The van der Waals surface area contributed by atoms with Crippen LogP contribution in [0.3, 0.4) is 0 Å². The molecule has 0 aliphatic heterocycles. The van der Waals surface area contributed by atoms with Crippen molar-refractivity contribution >= 4 is 11.8 Å². The van der Waals surface area contributed by atoms with Gasteiger partial charge in [0.15, 0.2) is 0 Å². The third kappa shape index (κ3) is 4.36. The van der Waals surface area contributed by atoms with Gasteiger partial charge in [-0.3, -0.25) is 9.59 Å². The highest BCUT2D eigenvalue weighted by molar-refractivity contribution is 5.75. The molecule has 1 N–H and O–H groups in total. The van der Waals surface area contributed by atoms with E-state index < -0.39 is 0 Å². The topological polar surface area (TPSA) is 49.4 Å². The Morgan fingerprint density at radius 2 is 1.91 bits per heavy atom. The van der Waals surface area contributed by atoms with Crippen molar-refractivity contribution in [3.63, 3.8) is 0 Å². The van der Waals surface area contributed by atoms with Crippen molar-refractivity contribution < 1.29 is 9.59 Å². The molecule has 4 heteroatoms. The molecule has 0 heterocycles. The molecule has 0 aliphatic rings. The Morgan fingerprint density at radius 1 is 1.36 bits per heavy atom. The molecule has 0 rings (SSSR count). The fourth-order valence-electron chi connectivity index (χ4n) is 0.653. The molecule has 2 amide bonds. The Bertz CT molecular complexity index is 157. The van der Waals surface area contributed by atoms with Gasteiger partial charge in [-0.25, -0.2) is 0 Å². The Morgan fingerprint density at radius 3 is 2.18 bits per heavy atom. The van der Waals surface area contributed by atoms with Crippen LogP contribution in [0.2, 0.25) is 0 Å². The summed E-state index contributed by atoms with van der Waals surface area (Å²) in [4.78, 5) is 22.7. The molecule has 0 aromatic rings. The van der Waals surface area contributed by atoms with Crippen molar-refractivity contribution in [2.75, 3.05) is 13.2 Å². The SMILES string of the molecule is CCN(CNC(C)=O)C(C)=O. The maximum atomic E-state index is 10.8. The van der Waals surface area contributed by atoms with Crippen LogP contribution in [-0.4, -0.2) is 29.9 Å². The second-order valence-corrected chi connectivity index (χ2v) is 2.27. The van der Waals surface area contributed by atoms with Crippen molar-refractivity contribution in [2.45, 2.75) is 20.8 Å². The van der Waals surface area contributed by atoms with Gasteiger partial charge >= 0.3 is 0 Å². The number of hydrogen-bond donors (Lipinski definition) is 1. The second-order valence-electron chi connectivity index (χ2n) is 2.27. The third-order valence-electron chi connectivity index (χ3n) is 1.35. The zero-order valence-corrected chi connectivity index (χ0v) is 7.18. The zero-order chi connectivity index (χ0) is 8.85. The van der Waals surface area contributed by atoms with E-state index in [4.69, 9.17) is 0 Å². The first kappa shape index (κ1) is 9.94. The predicted molar refractivity (Wildman–Crippen MR) is 41.7 cm³/mol. The number of carbonyl (C=O) groups is 2. The molecule has 0 aromatic carbocycles. The molecule has 11 heavy (non-hydrogen) atoms. The van der Waals surface area contributed by atoms with E-state index in [-0.39, 0.29) is 11.8 Å². The minimum atomic E-state index is -0.121. The molecule has 0 aliphatic carbocycles. The van der Waals surface area contributed by atoms with E-state index in [0.717, 1.165) is 0 Å². The number of hydrogen-bond acceptors (Lipinski definition) is 2. The predicted octanol–water partition coefficient (Wildman–Crippen LogP) is -0.0516. The van der Waals surface area contributed by atoms with E-state index >= 15 is 0 Å². The highest BCUT2D eigenvalue weighted by Crippen LogP contribution is 1.84. The lowest BCUT2D eigenvalue weighted by atomic mass is 10.5. The minimum absolute atomic E-state index is 0.0266. The monoisotopic (exact) mass is 158 g/mol. The average molecular weight is 158 g/mol. The quantitative estimate of drug-likeness (QED) is 0.585. The molecule has 0 radical (unpaired) electrons. The van der Waals surface area contributed by atoms with Crippen LogP contribution in [0.15, 0.2) is 0 Å². The molecule has 0 saturated heterocycles. The van der Waals surface area contributed by atoms with Crippen LogP contribution in [0.1, 0.15) is 20.8 Å². The van der Waals surface area contributed by atoms with Gasteiger partial charge in [0.25, 0.3) is 0 Å². The van der Waals surface area contributed by atoms with E-state index in [1.807, 2.05) is 6.92 Å². The van der Waals surface area contributed by atoms with Crippen molar-refractivity contribution in [2.24, 2.45) is 0 Å². The molecule has 0 saturated carbocycles. The van der Waals surface area contributed by atoms with Crippen molar-refractivity contribution in [3.05, 3.63) is 0 Å². The number of rotatable bonds is 3. The summed E-state index contributed by atoms with van der Waals surface area (Å²) in [6.45, 7) is 5.69. The van der Waals surface area contributed by atoms with E-state index in [2.05, 4.69) is 5.32 Å². The summed E-state index contributed by atoms with van der Waals surface area (Å²) in [5.41, 5.74) is 0. The van der Waals surface area contributed by atoms with E-state index in [0.29, 0.717) is 13.2 Å². The largest absolute Gasteiger partial charge is 0.339 e. The summed E-state index contributed by atoms with van der Waals surface area (Å²) in [7, 11) is 0. The maximum Gasteiger partial charge on any atom is 0.220 e. The van der Waals surface area contributed by atoms with Crippen LogP contribution in [0.5, 0.6) is 0 Å². The van der Waals surface area contributed by atoms with Gasteiger partial charge in [-0.05, 0) is 6.92 Å². The molecule has 0 aromatic heterocycles. The third-order valence-corrected chi connectivity index (χ3v) is 1.35. The van der Waals surface area contributed by atoms with Gasteiger partial charge < -0.3 is 10.2 Å². The Kier molecular flexibility index (Phi) is 4.26. The van der Waals surface area contributed by atoms with Gasteiger partial charge in [0.2, 0.25) is 11.8 Å². The maximum absolute atomic E-state index is 10.8. The van der Waals surface area contributed by atoms with Gasteiger partial charge in [-0.1, -0.05) is 0 Å². The molecule has 0 atom stereocenters. The van der Waals surface area contributed by atoms with E-state index in [1.54, 1.807) is 4.90 Å². The van der Waals surface area contributed by atoms with Gasteiger partial charge in [0, 0.05) is 20.4 Å². The summed E-state index contributed by atoms with van der Waals surface area (Å²) in [6, 6.07) is 0. The number of nitrogens with zero attached hydrogens (tertiary/aromatic N) is 1. The molecule has 0 fully saturated rings. The number of amides is 2. The fraction of sp³-hybridized carbons (Fsp3) is 0.714. The molecule has 0 bridgehead atoms. The van der Waals surface area contributed by atoms with Crippen LogP contribution in [0, 0.1) is 0 Å². The summed E-state index contributed by atoms with van der Waals surface area (Å²) >= 11 is 0. The fourth-order valence-corrected chi connectivity index (χ4v) is 0.653. The normalized spacial score (nSPS) is 9.00. The van der Waals surface area contributed by atoms with Crippen LogP contribution < -0.4 is 5.32 Å². The van der Waals surface area contributed by atoms with Gasteiger partial charge in [-0.15, -0.1) is 0 Å². The van der Waals surface area contributed by atoms with Crippen LogP contribution >= 0.6 is 0 Å². The summed E-state index contributed by atoms with van der Waals surface area (Å²) < 4.78 is 0. The van der Waals surface area contributed by atoms with Crippen molar-refractivity contribution in [1.29, 1.82) is 0 Å². The molecular formula is C7H14N2O2. The molecule has 64 valence electrons. The Labute approximate surface area is 66.6 Å². The average Bonchev–Trinajstić information content (AvgIpc) is 1.87. The molecular weight excluding hydrogens is 144 g/mol. The Hall–Kier alpha value is -1.06. The van der Waals surface area contributed by atoms with Crippen LogP contribution in [-0.2, 0) is 9.59 Å². The van der Waals surface area contributed by atoms with Gasteiger partial charge in [0.05, 0.1) is 6.67 Å². The van der Waals surface area contributed by atoms with Crippen molar-refractivity contribution in [1.82, 2.24) is 10.2 Å². The van der Waals surface area contributed by atoms with Crippen LogP contribution in [0.4, 0.5) is 0 Å². The lowest BCUT2D eigenvalue weighted by Crippen LogP contribution is -2.39. The van der Waals surface area contributed by atoms with Crippen LogP contribution in [0.25, 0.3) is 0 Å². The first-order valence-corrected chi connectivity index (χ1v) is 3.57. The second kappa shape index (κ2) is 4.71. The summed E-state index contributed by atoms with van der Waals surface area (Å²) in [6.07, 6.45) is 0. The summed E-state index contributed by atoms with van der Waals surface area (Å²) in [5, 5.41) is 2.54. The Balaban J connectivity index is 3.70. The zero-order valence-electron chi connectivity index (χ0n) is 7.18. The van der Waals surface area contributed by atoms with E-state index in [9.17, 15) is 9.59 Å². The standard InChI is InChI=1S/C7H14N2O2/c1-4-9(7(3)11)5-8-6(2)10/h4-5H2,1-3H3,(H,8,10). The lowest BCUT2D eigenvalue weighted by Gasteiger charge is -2.18. The first-order chi connectivity index (χ1) is 5.07. The van der Waals surface area contributed by atoms with E-state index in [1.165, 1.54) is 13.8 Å². The van der Waals surface area contributed by atoms with Gasteiger partial charge in [-0.2, -0.15) is 0 Å². The molecule has 0 spiro atoms. The highest BCUT2D eigenvalue weighted by Gasteiger charge is 2.04. The van der Waals surface area contributed by atoms with Gasteiger partial charge in [0.1, 0.15) is 0 Å². The molecule has 4 nitrogen and oxygen atoms in total. The number of carbonyl (C=O) groups excluding carboxylic acids is 2. The number of nitrogens with one attached hydrogen (secondary N) is 1. The smallest absolute Gasteiger partial charge is 0.220 e. The highest BCUT2D eigenvalue weighted by atomic mass is 16.2. The molecule has 0 unspecified atom stereocenters. The first-order valence-electron chi connectivity index (χ1n) is 3.57.